The fraction of sp³-hybridized carbons (Fsp3) is 0.176. The predicted octanol–water partition coefficient (Wildman–Crippen LogP) is 3.28. The molecule has 2 aromatic rings. The first-order valence-electron chi connectivity index (χ1n) is 7.31. The molecule has 0 spiro atoms. The number of halogens is 1. The van der Waals surface area contributed by atoms with Crippen LogP contribution in [0.4, 0.5) is 15.8 Å². The molecule has 5 nitrogen and oxygen atoms in total. The number of carbonyl (C=O) groups excluding carboxylic acids is 2. The Bertz CT molecular complexity index is 780. The molecule has 0 radical (unpaired) electrons. The second-order valence-corrected chi connectivity index (χ2v) is 6.30. The van der Waals surface area contributed by atoms with Gasteiger partial charge in [-0.2, -0.15) is 0 Å². The molecule has 24 heavy (non-hydrogen) atoms. The molecule has 0 aliphatic carbocycles. The molecule has 1 heterocycles. The molecule has 0 aromatic heterocycles. The number of carbonyl (C=O) groups is 2. The van der Waals surface area contributed by atoms with Gasteiger partial charge in [-0.3, -0.25) is 9.59 Å². The topological polar surface area (TPSA) is 67.4 Å². The number of amides is 2. The average molecular weight is 346 g/mol. The first-order valence-corrected chi connectivity index (χ1v) is 8.29. The molecule has 124 valence electrons. The summed E-state index contributed by atoms with van der Waals surface area (Å²) >= 11 is 1.31. The monoisotopic (exact) mass is 346 g/mol. The van der Waals surface area contributed by atoms with Gasteiger partial charge in [-0.25, -0.2) is 4.39 Å². The molecule has 3 rings (SSSR count). The number of anilines is 2. The summed E-state index contributed by atoms with van der Waals surface area (Å²) in [4.78, 5) is 24.4. The van der Waals surface area contributed by atoms with Crippen molar-refractivity contribution in [2.24, 2.45) is 0 Å². The number of benzene rings is 2. The lowest BCUT2D eigenvalue weighted by Gasteiger charge is -2.23. The van der Waals surface area contributed by atoms with Gasteiger partial charge in [-0.15, -0.1) is 11.8 Å². The third-order valence-corrected chi connectivity index (χ3v) is 4.39. The highest BCUT2D eigenvalue weighted by Gasteiger charge is 2.23. The van der Waals surface area contributed by atoms with E-state index in [4.69, 9.17) is 4.74 Å². The molecule has 0 saturated carbocycles. The molecule has 1 unspecified atom stereocenters. The summed E-state index contributed by atoms with van der Waals surface area (Å²) in [5.41, 5.74) is 1.10. The maximum absolute atomic E-state index is 12.8. The van der Waals surface area contributed by atoms with Crippen molar-refractivity contribution in [3.8, 4) is 5.75 Å². The van der Waals surface area contributed by atoms with Crippen LogP contribution in [-0.4, -0.2) is 23.7 Å². The third-order valence-electron chi connectivity index (χ3n) is 3.38. The number of hydrogen-bond donors (Lipinski definition) is 2. The Morgan fingerprint density at radius 3 is 2.79 bits per heavy atom. The average Bonchev–Trinajstić information content (AvgIpc) is 2.56. The van der Waals surface area contributed by atoms with Crippen molar-refractivity contribution in [1.82, 2.24) is 0 Å². The van der Waals surface area contributed by atoms with Crippen molar-refractivity contribution in [3.63, 3.8) is 0 Å². The van der Waals surface area contributed by atoms with Crippen molar-refractivity contribution in [2.75, 3.05) is 16.4 Å². The minimum Gasteiger partial charge on any atom is -0.479 e. The first kappa shape index (κ1) is 16.3. The van der Waals surface area contributed by atoms with E-state index in [1.54, 1.807) is 37.3 Å². The van der Waals surface area contributed by atoms with E-state index in [1.165, 1.54) is 23.9 Å². The van der Waals surface area contributed by atoms with Gasteiger partial charge in [0.2, 0.25) is 5.91 Å². The lowest BCUT2D eigenvalue weighted by Crippen LogP contribution is -2.34. The lowest BCUT2D eigenvalue weighted by atomic mass is 10.2. The molecule has 0 fully saturated rings. The first-order chi connectivity index (χ1) is 11.5. The highest BCUT2D eigenvalue weighted by Crippen LogP contribution is 2.32. The maximum Gasteiger partial charge on any atom is 0.265 e. The molecule has 0 saturated heterocycles. The van der Waals surface area contributed by atoms with Crippen LogP contribution in [-0.2, 0) is 9.59 Å². The van der Waals surface area contributed by atoms with Crippen LogP contribution in [0.2, 0.25) is 0 Å². The van der Waals surface area contributed by atoms with Gasteiger partial charge in [-0.1, -0.05) is 0 Å². The Hall–Kier alpha value is -2.54. The van der Waals surface area contributed by atoms with Crippen LogP contribution >= 0.6 is 11.8 Å². The fourth-order valence-corrected chi connectivity index (χ4v) is 2.86. The van der Waals surface area contributed by atoms with E-state index in [9.17, 15) is 14.0 Å². The number of thioether (sulfide) groups is 1. The number of rotatable bonds is 4. The third kappa shape index (κ3) is 3.86. The summed E-state index contributed by atoms with van der Waals surface area (Å²) in [5.74, 6) is 0.0403. The summed E-state index contributed by atoms with van der Waals surface area (Å²) < 4.78 is 18.3. The Morgan fingerprint density at radius 2 is 2.04 bits per heavy atom. The van der Waals surface area contributed by atoms with Gasteiger partial charge in [0.25, 0.3) is 5.91 Å². The van der Waals surface area contributed by atoms with Crippen LogP contribution in [0.3, 0.4) is 0 Å². The van der Waals surface area contributed by atoms with Crippen molar-refractivity contribution in [1.29, 1.82) is 0 Å². The van der Waals surface area contributed by atoms with Gasteiger partial charge in [0.05, 0.1) is 11.4 Å². The van der Waals surface area contributed by atoms with Crippen LogP contribution in [0, 0.1) is 5.82 Å². The molecule has 2 amide bonds. The van der Waals surface area contributed by atoms with Crippen LogP contribution < -0.4 is 15.4 Å². The molecule has 2 N–H and O–H groups in total. The number of nitrogens with one attached hydrogen (secondary N) is 2. The zero-order valence-corrected chi connectivity index (χ0v) is 13.7. The van der Waals surface area contributed by atoms with Crippen molar-refractivity contribution < 1.29 is 18.7 Å². The van der Waals surface area contributed by atoms with Crippen LogP contribution in [0.1, 0.15) is 6.92 Å². The minimum absolute atomic E-state index is 0.194. The smallest absolute Gasteiger partial charge is 0.265 e. The van der Waals surface area contributed by atoms with Crippen LogP contribution in [0.25, 0.3) is 0 Å². The highest BCUT2D eigenvalue weighted by molar-refractivity contribution is 8.00. The van der Waals surface area contributed by atoms with Gasteiger partial charge in [0, 0.05) is 10.6 Å². The highest BCUT2D eigenvalue weighted by atomic mass is 32.2. The Kier molecular flexibility index (Phi) is 4.71. The van der Waals surface area contributed by atoms with E-state index < -0.39 is 6.10 Å². The van der Waals surface area contributed by atoms with E-state index in [0.717, 1.165) is 4.90 Å². The SMILES string of the molecule is CC1Oc2ccc(NC(=O)CSc3ccc(F)cc3)cc2NC1=O. The van der Waals surface area contributed by atoms with E-state index in [2.05, 4.69) is 10.6 Å². The van der Waals surface area contributed by atoms with Gasteiger partial charge in [-0.05, 0) is 49.4 Å². The molecule has 1 atom stereocenters. The fourth-order valence-electron chi connectivity index (χ4n) is 2.16. The summed E-state index contributed by atoms with van der Waals surface area (Å²) in [6.07, 6.45) is -0.537. The summed E-state index contributed by atoms with van der Waals surface area (Å²) in [6.45, 7) is 1.67. The number of fused-ring (bicyclic) bond motifs is 1. The number of ether oxygens (including phenoxy) is 1. The normalized spacial score (nSPS) is 15.9. The maximum atomic E-state index is 12.8. The Balaban J connectivity index is 1.59. The zero-order valence-electron chi connectivity index (χ0n) is 12.8. The van der Waals surface area contributed by atoms with Crippen molar-refractivity contribution in [2.45, 2.75) is 17.9 Å². The van der Waals surface area contributed by atoms with Gasteiger partial charge in [0.15, 0.2) is 6.10 Å². The molecular weight excluding hydrogens is 331 g/mol. The van der Waals surface area contributed by atoms with E-state index in [1.807, 2.05) is 0 Å². The predicted molar refractivity (Wildman–Crippen MR) is 90.9 cm³/mol. The van der Waals surface area contributed by atoms with Crippen molar-refractivity contribution in [3.05, 3.63) is 48.3 Å². The van der Waals surface area contributed by atoms with E-state index in [0.29, 0.717) is 17.1 Å². The summed E-state index contributed by atoms with van der Waals surface area (Å²) in [5, 5.41) is 5.49. The van der Waals surface area contributed by atoms with Gasteiger partial charge < -0.3 is 15.4 Å². The lowest BCUT2D eigenvalue weighted by molar-refractivity contribution is -0.122. The van der Waals surface area contributed by atoms with Crippen molar-refractivity contribution >= 4 is 35.0 Å². The van der Waals surface area contributed by atoms with Crippen LogP contribution in [0.15, 0.2) is 47.4 Å². The molecule has 1 aliphatic rings. The van der Waals surface area contributed by atoms with E-state index >= 15 is 0 Å². The van der Waals surface area contributed by atoms with Crippen LogP contribution in [0.5, 0.6) is 5.75 Å². The Labute approximate surface area is 142 Å². The van der Waals surface area contributed by atoms with Gasteiger partial charge >= 0.3 is 0 Å². The zero-order chi connectivity index (χ0) is 17.1. The number of hydrogen-bond acceptors (Lipinski definition) is 4. The molecule has 2 aromatic carbocycles. The second-order valence-electron chi connectivity index (χ2n) is 5.25. The van der Waals surface area contributed by atoms with Gasteiger partial charge in [0.1, 0.15) is 11.6 Å². The molecule has 1 aliphatic heterocycles. The molecule has 0 bridgehead atoms. The Morgan fingerprint density at radius 1 is 1.29 bits per heavy atom. The summed E-state index contributed by atoms with van der Waals surface area (Å²) in [7, 11) is 0. The minimum atomic E-state index is -0.537. The summed E-state index contributed by atoms with van der Waals surface area (Å²) in [6, 6.07) is 11.0. The quantitative estimate of drug-likeness (QED) is 0.834. The molecular formula is C17H15FN2O3S. The second kappa shape index (κ2) is 6.92. The largest absolute Gasteiger partial charge is 0.479 e. The standard InChI is InChI=1S/C17H15FN2O3S/c1-10-17(22)20-14-8-12(4-7-15(14)23-10)19-16(21)9-24-13-5-2-11(18)3-6-13/h2-8,10H,9H2,1H3,(H,19,21)(H,20,22). The van der Waals surface area contributed by atoms with E-state index in [-0.39, 0.29) is 23.4 Å². The molecule has 7 heteroatoms.